The normalized spacial score (nSPS) is 25.2. The van der Waals surface area contributed by atoms with Gasteiger partial charge in [-0.05, 0) is 42.3 Å². The van der Waals surface area contributed by atoms with Crippen LogP contribution in [-0.4, -0.2) is 6.54 Å². The number of aryl methyl sites for hydroxylation is 1. The number of hydrogen-bond donors (Lipinski definition) is 1. The van der Waals surface area contributed by atoms with Crippen LogP contribution in [0.25, 0.3) is 0 Å². The predicted octanol–water partition coefficient (Wildman–Crippen LogP) is 3.96. The molecule has 1 N–H and O–H groups in total. The number of benzene rings is 1. The van der Waals surface area contributed by atoms with Crippen molar-refractivity contribution in [3.05, 3.63) is 34.9 Å². The van der Waals surface area contributed by atoms with E-state index >= 15 is 0 Å². The molecular formula is C16H25N. The molecule has 1 saturated heterocycles. The second kappa shape index (κ2) is 4.45. The molecule has 1 nitrogen and oxygen atoms in total. The molecule has 1 aliphatic rings. The van der Waals surface area contributed by atoms with Crippen LogP contribution in [0, 0.1) is 12.8 Å². The Morgan fingerprint density at radius 2 is 1.88 bits per heavy atom. The number of hydrogen-bond acceptors (Lipinski definition) is 1. The smallest absolute Gasteiger partial charge is 0.0323 e. The molecule has 1 heteroatoms. The zero-order chi connectivity index (χ0) is 12.6. The van der Waals surface area contributed by atoms with Crippen molar-refractivity contribution in [3.8, 4) is 0 Å². The van der Waals surface area contributed by atoms with E-state index in [0.717, 1.165) is 12.5 Å². The van der Waals surface area contributed by atoms with Crippen LogP contribution in [0.1, 0.15) is 56.8 Å². The first-order chi connectivity index (χ1) is 7.86. The van der Waals surface area contributed by atoms with E-state index < -0.39 is 0 Å². The Bertz CT molecular complexity index is 400. The lowest BCUT2D eigenvalue weighted by atomic mass is 9.84. The molecule has 1 aromatic rings. The van der Waals surface area contributed by atoms with Crippen molar-refractivity contribution in [2.75, 3.05) is 6.54 Å². The molecule has 0 amide bonds. The third-order valence-corrected chi connectivity index (χ3v) is 3.72. The molecule has 0 aromatic heterocycles. The summed E-state index contributed by atoms with van der Waals surface area (Å²) in [6, 6.07) is 7.61. The standard InChI is InChI=1S/C16H25N/c1-11-6-13(15-8-12(2)10-17-15)9-14(7-11)16(3,4)5/h6-7,9,12,15,17H,8,10H2,1-5H3. The van der Waals surface area contributed by atoms with Gasteiger partial charge < -0.3 is 5.32 Å². The minimum Gasteiger partial charge on any atom is -0.310 e. The Balaban J connectivity index is 2.32. The molecule has 0 saturated carbocycles. The summed E-state index contributed by atoms with van der Waals surface area (Å²) >= 11 is 0. The average Bonchev–Trinajstić information content (AvgIpc) is 2.62. The molecule has 2 unspecified atom stereocenters. The van der Waals surface area contributed by atoms with E-state index in [9.17, 15) is 0 Å². The van der Waals surface area contributed by atoms with Crippen molar-refractivity contribution in [3.63, 3.8) is 0 Å². The highest BCUT2D eigenvalue weighted by Gasteiger charge is 2.23. The van der Waals surface area contributed by atoms with Gasteiger partial charge in [0.1, 0.15) is 0 Å². The molecule has 1 fully saturated rings. The van der Waals surface area contributed by atoms with Crippen molar-refractivity contribution < 1.29 is 0 Å². The topological polar surface area (TPSA) is 12.0 Å². The minimum absolute atomic E-state index is 0.241. The van der Waals surface area contributed by atoms with Crippen molar-refractivity contribution in [2.24, 2.45) is 5.92 Å². The molecule has 1 aromatic carbocycles. The van der Waals surface area contributed by atoms with E-state index in [1.807, 2.05) is 0 Å². The monoisotopic (exact) mass is 231 g/mol. The molecule has 0 aliphatic carbocycles. The Kier molecular flexibility index (Phi) is 3.31. The number of nitrogens with one attached hydrogen (secondary N) is 1. The summed E-state index contributed by atoms with van der Waals surface area (Å²) in [6.07, 6.45) is 1.27. The van der Waals surface area contributed by atoms with Gasteiger partial charge in [0.25, 0.3) is 0 Å². The second-order valence-electron chi connectivity index (χ2n) is 6.68. The summed E-state index contributed by atoms with van der Waals surface area (Å²) in [4.78, 5) is 0. The molecule has 0 spiro atoms. The minimum atomic E-state index is 0.241. The SMILES string of the molecule is Cc1cc(C2CC(C)CN2)cc(C(C)(C)C)c1. The Hall–Kier alpha value is -0.820. The van der Waals surface area contributed by atoms with Gasteiger partial charge in [0, 0.05) is 6.04 Å². The van der Waals surface area contributed by atoms with Gasteiger partial charge in [-0.2, -0.15) is 0 Å². The summed E-state index contributed by atoms with van der Waals surface area (Å²) in [7, 11) is 0. The fourth-order valence-electron chi connectivity index (χ4n) is 2.61. The summed E-state index contributed by atoms with van der Waals surface area (Å²) in [5.41, 5.74) is 4.55. The van der Waals surface area contributed by atoms with Crippen LogP contribution in [0.15, 0.2) is 18.2 Å². The summed E-state index contributed by atoms with van der Waals surface area (Å²) in [5.74, 6) is 0.804. The van der Waals surface area contributed by atoms with Crippen molar-refractivity contribution >= 4 is 0 Å². The van der Waals surface area contributed by atoms with Crippen LogP contribution in [-0.2, 0) is 5.41 Å². The first-order valence-electron chi connectivity index (χ1n) is 6.72. The molecule has 1 aliphatic heterocycles. The van der Waals surface area contributed by atoms with Crippen LogP contribution in [0.3, 0.4) is 0 Å². The van der Waals surface area contributed by atoms with Gasteiger partial charge in [-0.15, -0.1) is 0 Å². The van der Waals surface area contributed by atoms with Crippen molar-refractivity contribution in [1.82, 2.24) is 5.32 Å². The molecule has 0 radical (unpaired) electrons. The largest absolute Gasteiger partial charge is 0.310 e. The van der Waals surface area contributed by atoms with E-state index in [1.54, 1.807) is 0 Å². The van der Waals surface area contributed by atoms with Crippen LogP contribution in [0.2, 0.25) is 0 Å². The Morgan fingerprint density at radius 3 is 2.41 bits per heavy atom. The third kappa shape index (κ3) is 2.90. The molecule has 2 atom stereocenters. The molecule has 2 rings (SSSR count). The van der Waals surface area contributed by atoms with E-state index in [4.69, 9.17) is 0 Å². The predicted molar refractivity (Wildman–Crippen MR) is 74.4 cm³/mol. The first-order valence-corrected chi connectivity index (χ1v) is 6.72. The Morgan fingerprint density at radius 1 is 1.18 bits per heavy atom. The van der Waals surface area contributed by atoms with Gasteiger partial charge in [0.05, 0.1) is 0 Å². The highest BCUT2D eigenvalue weighted by molar-refractivity contribution is 5.35. The highest BCUT2D eigenvalue weighted by Crippen LogP contribution is 2.31. The van der Waals surface area contributed by atoms with E-state index in [2.05, 4.69) is 58.1 Å². The molecular weight excluding hydrogens is 206 g/mol. The maximum atomic E-state index is 3.63. The number of rotatable bonds is 1. The van der Waals surface area contributed by atoms with Crippen molar-refractivity contribution in [1.29, 1.82) is 0 Å². The zero-order valence-electron chi connectivity index (χ0n) is 11.8. The first kappa shape index (κ1) is 12.6. The summed E-state index contributed by atoms with van der Waals surface area (Å²) < 4.78 is 0. The van der Waals surface area contributed by atoms with E-state index in [1.165, 1.54) is 23.1 Å². The van der Waals surface area contributed by atoms with Crippen LogP contribution < -0.4 is 5.32 Å². The summed E-state index contributed by atoms with van der Waals surface area (Å²) in [5, 5.41) is 3.63. The lowest BCUT2D eigenvalue weighted by molar-refractivity contribution is 0.580. The molecule has 1 heterocycles. The van der Waals surface area contributed by atoms with Gasteiger partial charge in [-0.25, -0.2) is 0 Å². The molecule has 94 valence electrons. The van der Waals surface area contributed by atoms with Gasteiger partial charge in [-0.3, -0.25) is 0 Å². The van der Waals surface area contributed by atoms with Crippen molar-refractivity contribution in [2.45, 2.75) is 52.5 Å². The van der Waals surface area contributed by atoms with Crippen LogP contribution >= 0.6 is 0 Å². The molecule has 17 heavy (non-hydrogen) atoms. The lowest BCUT2D eigenvalue weighted by Gasteiger charge is -2.22. The van der Waals surface area contributed by atoms with E-state index in [-0.39, 0.29) is 5.41 Å². The lowest BCUT2D eigenvalue weighted by Crippen LogP contribution is -2.16. The van der Waals surface area contributed by atoms with E-state index in [0.29, 0.717) is 6.04 Å². The summed E-state index contributed by atoms with van der Waals surface area (Å²) in [6.45, 7) is 12.6. The average molecular weight is 231 g/mol. The third-order valence-electron chi connectivity index (χ3n) is 3.72. The zero-order valence-corrected chi connectivity index (χ0v) is 11.8. The second-order valence-corrected chi connectivity index (χ2v) is 6.68. The molecule has 0 bridgehead atoms. The van der Waals surface area contributed by atoms with Gasteiger partial charge in [0.2, 0.25) is 0 Å². The quantitative estimate of drug-likeness (QED) is 0.771. The van der Waals surface area contributed by atoms with Gasteiger partial charge >= 0.3 is 0 Å². The van der Waals surface area contributed by atoms with Crippen LogP contribution in [0.5, 0.6) is 0 Å². The maximum absolute atomic E-state index is 3.63. The van der Waals surface area contributed by atoms with Crippen LogP contribution in [0.4, 0.5) is 0 Å². The Labute approximate surface area is 106 Å². The fourth-order valence-corrected chi connectivity index (χ4v) is 2.61. The van der Waals surface area contributed by atoms with Gasteiger partial charge in [-0.1, -0.05) is 51.5 Å². The fraction of sp³-hybridized carbons (Fsp3) is 0.625. The maximum Gasteiger partial charge on any atom is 0.0323 e. The van der Waals surface area contributed by atoms with Gasteiger partial charge in [0.15, 0.2) is 0 Å². The highest BCUT2D eigenvalue weighted by atomic mass is 14.9.